The second-order valence-electron chi connectivity index (χ2n) is 4.11. The monoisotopic (exact) mass is 208 g/mol. The summed E-state index contributed by atoms with van der Waals surface area (Å²) in [6.07, 6.45) is 0. The summed E-state index contributed by atoms with van der Waals surface area (Å²) in [7, 11) is 3.40. The molecule has 1 rings (SSSR count). The number of ether oxygens (including phenoxy) is 2. The summed E-state index contributed by atoms with van der Waals surface area (Å²) in [4.78, 5) is 0. The number of hydrogen-bond donors (Lipinski definition) is 0. The van der Waals surface area contributed by atoms with Gasteiger partial charge in [-0.25, -0.2) is 0 Å². The SMILES string of the molecule is COc1cc(C(C)C)c(C)c(OC)c1C. The van der Waals surface area contributed by atoms with Crippen LogP contribution in [0.3, 0.4) is 0 Å². The van der Waals surface area contributed by atoms with Gasteiger partial charge in [0.15, 0.2) is 0 Å². The molecule has 0 heterocycles. The molecule has 2 nitrogen and oxygen atoms in total. The quantitative estimate of drug-likeness (QED) is 0.757. The lowest BCUT2D eigenvalue weighted by atomic mass is 9.94. The molecule has 0 bridgehead atoms. The molecule has 2 heteroatoms. The van der Waals surface area contributed by atoms with Crippen LogP contribution < -0.4 is 9.47 Å². The second kappa shape index (κ2) is 4.56. The summed E-state index contributed by atoms with van der Waals surface area (Å²) in [5.41, 5.74) is 3.57. The molecule has 1 aromatic carbocycles. The first-order valence-corrected chi connectivity index (χ1v) is 5.25. The van der Waals surface area contributed by atoms with E-state index < -0.39 is 0 Å². The first-order chi connectivity index (χ1) is 7.02. The van der Waals surface area contributed by atoms with Gasteiger partial charge >= 0.3 is 0 Å². The molecule has 1 aromatic rings. The molecule has 0 N–H and O–H groups in total. The van der Waals surface area contributed by atoms with Crippen LogP contribution >= 0.6 is 0 Å². The van der Waals surface area contributed by atoms with Gasteiger partial charge in [-0.2, -0.15) is 0 Å². The average Bonchev–Trinajstić information content (AvgIpc) is 2.18. The third kappa shape index (κ3) is 2.09. The Morgan fingerprint density at radius 3 is 2.00 bits per heavy atom. The summed E-state index contributed by atoms with van der Waals surface area (Å²) in [6.45, 7) is 8.47. The lowest BCUT2D eigenvalue weighted by Gasteiger charge is -2.18. The predicted octanol–water partition coefficient (Wildman–Crippen LogP) is 3.44. The van der Waals surface area contributed by atoms with Crippen LogP contribution in [-0.4, -0.2) is 14.2 Å². The van der Waals surface area contributed by atoms with Gasteiger partial charge in [-0.1, -0.05) is 13.8 Å². The minimum atomic E-state index is 0.480. The highest BCUT2D eigenvalue weighted by Crippen LogP contribution is 2.36. The van der Waals surface area contributed by atoms with E-state index in [1.54, 1.807) is 14.2 Å². The van der Waals surface area contributed by atoms with E-state index in [0.717, 1.165) is 17.1 Å². The molecule has 0 saturated carbocycles. The van der Waals surface area contributed by atoms with Crippen LogP contribution in [0.25, 0.3) is 0 Å². The van der Waals surface area contributed by atoms with Crippen LogP contribution in [0.2, 0.25) is 0 Å². The fourth-order valence-corrected chi connectivity index (χ4v) is 2.00. The van der Waals surface area contributed by atoms with Gasteiger partial charge in [0.2, 0.25) is 0 Å². The number of methoxy groups -OCH3 is 2. The van der Waals surface area contributed by atoms with E-state index in [-0.39, 0.29) is 0 Å². The number of benzene rings is 1. The van der Waals surface area contributed by atoms with Crippen LogP contribution in [0.5, 0.6) is 11.5 Å². The highest BCUT2D eigenvalue weighted by Gasteiger charge is 2.15. The first kappa shape index (κ1) is 11.9. The maximum atomic E-state index is 5.43. The lowest BCUT2D eigenvalue weighted by molar-refractivity contribution is 0.385. The lowest BCUT2D eigenvalue weighted by Crippen LogP contribution is -2.01. The molecule has 0 saturated heterocycles. The molecule has 0 spiro atoms. The molecular formula is C13H20O2. The van der Waals surface area contributed by atoms with Crippen molar-refractivity contribution in [3.63, 3.8) is 0 Å². The molecule has 0 unspecified atom stereocenters. The molecule has 0 atom stereocenters. The van der Waals surface area contributed by atoms with Crippen LogP contribution in [0.4, 0.5) is 0 Å². The van der Waals surface area contributed by atoms with Gasteiger partial charge < -0.3 is 9.47 Å². The normalized spacial score (nSPS) is 10.6. The maximum absolute atomic E-state index is 5.43. The second-order valence-corrected chi connectivity index (χ2v) is 4.11. The van der Waals surface area contributed by atoms with Crippen LogP contribution in [0, 0.1) is 13.8 Å². The molecule has 84 valence electrons. The zero-order valence-electron chi connectivity index (χ0n) is 10.5. The van der Waals surface area contributed by atoms with Crippen molar-refractivity contribution < 1.29 is 9.47 Å². The van der Waals surface area contributed by atoms with E-state index in [2.05, 4.69) is 26.8 Å². The van der Waals surface area contributed by atoms with Crippen molar-refractivity contribution in [2.75, 3.05) is 14.2 Å². The van der Waals surface area contributed by atoms with E-state index in [1.807, 2.05) is 6.92 Å². The minimum absolute atomic E-state index is 0.480. The average molecular weight is 208 g/mol. The van der Waals surface area contributed by atoms with Gasteiger partial charge in [-0.15, -0.1) is 0 Å². The van der Waals surface area contributed by atoms with E-state index in [4.69, 9.17) is 9.47 Å². The molecule has 0 aliphatic carbocycles. The summed E-state index contributed by atoms with van der Waals surface area (Å²) in [5.74, 6) is 2.33. The van der Waals surface area contributed by atoms with Crippen molar-refractivity contribution in [1.29, 1.82) is 0 Å². The van der Waals surface area contributed by atoms with Gasteiger partial charge in [0, 0.05) is 5.56 Å². The molecule has 0 radical (unpaired) electrons. The summed E-state index contributed by atoms with van der Waals surface area (Å²) in [5, 5.41) is 0. The minimum Gasteiger partial charge on any atom is -0.496 e. The van der Waals surface area contributed by atoms with Gasteiger partial charge in [-0.05, 0) is 37.0 Å². The first-order valence-electron chi connectivity index (χ1n) is 5.25. The van der Waals surface area contributed by atoms with E-state index >= 15 is 0 Å². The molecule has 0 aliphatic rings. The molecule has 15 heavy (non-hydrogen) atoms. The summed E-state index contributed by atoms with van der Waals surface area (Å²) < 4.78 is 10.8. The Morgan fingerprint density at radius 2 is 1.60 bits per heavy atom. The Kier molecular flexibility index (Phi) is 3.61. The molecule has 0 amide bonds. The van der Waals surface area contributed by atoms with Crippen molar-refractivity contribution in [1.82, 2.24) is 0 Å². The molecular weight excluding hydrogens is 188 g/mol. The van der Waals surface area contributed by atoms with E-state index in [9.17, 15) is 0 Å². The van der Waals surface area contributed by atoms with E-state index in [0.29, 0.717) is 5.92 Å². The smallest absolute Gasteiger partial charge is 0.128 e. The molecule has 0 aliphatic heterocycles. The Hall–Kier alpha value is -1.18. The Labute approximate surface area is 92.2 Å². The Morgan fingerprint density at radius 1 is 1.00 bits per heavy atom. The molecule has 0 aromatic heterocycles. The predicted molar refractivity (Wildman–Crippen MR) is 63.1 cm³/mol. The van der Waals surface area contributed by atoms with Gasteiger partial charge in [-0.3, -0.25) is 0 Å². The maximum Gasteiger partial charge on any atom is 0.128 e. The Bertz CT molecular complexity index is 354. The fourth-order valence-electron chi connectivity index (χ4n) is 2.00. The number of rotatable bonds is 3. The summed E-state index contributed by atoms with van der Waals surface area (Å²) >= 11 is 0. The van der Waals surface area contributed by atoms with Crippen molar-refractivity contribution in [2.45, 2.75) is 33.6 Å². The highest BCUT2D eigenvalue weighted by molar-refractivity contribution is 5.53. The zero-order valence-corrected chi connectivity index (χ0v) is 10.5. The fraction of sp³-hybridized carbons (Fsp3) is 0.538. The van der Waals surface area contributed by atoms with Crippen molar-refractivity contribution in [3.05, 3.63) is 22.8 Å². The highest BCUT2D eigenvalue weighted by atomic mass is 16.5. The third-order valence-corrected chi connectivity index (χ3v) is 2.82. The summed E-state index contributed by atoms with van der Waals surface area (Å²) in [6, 6.07) is 2.11. The van der Waals surface area contributed by atoms with Crippen LogP contribution in [-0.2, 0) is 0 Å². The van der Waals surface area contributed by atoms with Crippen molar-refractivity contribution in [3.8, 4) is 11.5 Å². The number of hydrogen-bond acceptors (Lipinski definition) is 2. The van der Waals surface area contributed by atoms with Gasteiger partial charge in [0.25, 0.3) is 0 Å². The van der Waals surface area contributed by atoms with Crippen LogP contribution in [0.1, 0.15) is 36.5 Å². The van der Waals surface area contributed by atoms with E-state index in [1.165, 1.54) is 11.1 Å². The van der Waals surface area contributed by atoms with Crippen LogP contribution in [0.15, 0.2) is 6.07 Å². The molecule has 0 fully saturated rings. The van der Waals surface area contributed by atoms with Crippen molar-refractivity contribution in [2.24, 2.45) is 0 Å². The van der Waals surface area contributed by atoms with Gasteiger partial charge in [0.05, 0.1) is 14.2 Å². The topological polar surface area (TPSA) is 18.5 Å². The van der Waals surface area contributed by atoms with Crippen molar-refractivity contribution >= 4 is 0 Å². The largest absolute Gasteiger partial charge is 0.496 e. The Balaban J connectivity index is 3.44. The van der Waals surface area contributed by atoms with Gasteiger partial charge in [0.1, 0.15) is 11.5 Å². The standard InChI is InChI=1S/C13H20O2/c1-8(2)11-7-12(14-5)10(4)13(15-6)9(11)3/h7-8H,1-6H3. The zero-order chi connectivity index (χ0) is 11.6. The third-order valence-electron chi connectivity index (χ3n) is 2.82.